The van der Waals surface area contributed by atoms with E-state index >= 15 is 0 Å². The highest BCUT2D eigenvalue weighted by Crippen LogP contribution is 2.17. The molecule has 1 amide bonds. The molecule has 0 aliphatic carbocycles. The summed E-state index contributed by atoms with van der Waals surface area (Å²) in [5.74, 6) is -0.328. The van der Waals surface area contributed by atoms with Crippen molar-refractivity contribution in [1.82, 2.24) is 24.6 Å². The highest BCUT2D eigenvalue weighted by molar-refractivity contribution is 5.75. The smallest absolute Gasteiger partial charge is 0.328 e. The number of nitrogens with one attached hydrogen (secondary N) is 2. The molecule has 2 N–H and O–H groups in total. The molecule has 26 heavy (non-hydrogen) atoms. The van der Waals surface area contributed by atoms with Crippen LogP contribution in [-0.4, -0.2) is 25.2 Å². The second kappa shape index (κ2) is 7.22. The summed E-state index contributed by atoms with van der Waals surface area (Å²) in [5.41, 5.74) is 2.53. The van der Waals surface area contributed by atoms with Crippen LogP contribution in [0.3, 0.4) is 0 Å². The van der Waals surface area contributed by atoms with Crippen molar-refractivity contribution in [2.24, 2.45) is 0 Å². The lowest BCUT2D eigenvalue weighted by atomic mass is 10.2. The van der Waals surface area contributed by atoms with E-state index < -0.39 is 11.2 Å². The van der Waals surface area contributed by atoms with Gasteiger partial charge in [0.25, 0.3) is 5.56 Å². The Labute approximate surface area is 149 Å². The first-order valence-electron chi connectivity index (χ1n) is 8.12. The van der Waals surface area contributed by atoms with Gasteiger partial charge in [-0.1, -0.05) is 18.2 Å². The first-order valence-corrected chi connectivity index (χ1v) is 8.12. The summed E-state index contributed by atoms with van der Waals surface area (Å²) >= 11 is 0. The number of aromatic nitrogens is 4. The number of aryl methyl sites for hydroxylation is 1. The van der Waals surface area contributed by atoms with Gasteiger partial charge in [0.1, 0.15) is 6.54 Å². The normalized spacial score (nSPS) is 10.7. The summed E-state index contributed by atoms with van der Waals surface area (Å²) in [5, 5.41) is 7.33. The maximum absolute atomic E-state index is 12.1. The molecule has 0 bridgehead atoms. The van der Waals surface area contributed by atoms with E-state index in [1.165, 1.54) is 12.3 Å². The Morgan fingerprint density at radius 2 is 1.88 bits per heavy atom. The zero-order valence-electron chi connectivity index (χ0n) is 14.5. The predicted octanol–water partition coefficient (Wildman–Crippen LogP) is 0.656. The summed E-state index contributed by atoms with van der Waals surface area (Å²) in [7, 11) is 0. The Balaban J connectivity index is 1.72. The van der Waals surface area contributed by atoms with Gasteiger partial charge in [0, 0.05) is 30.1 Å². The fourth-order valence-electron chi connectivity index (χ4n) is 2.72. The molecule has 0 fully saturated rings. The molecule has 2 aromatic heterocycles. The molecule has 0 saturated heterocycles. The minimum Gasteiger partial charge on any atom is -0.350 e. The molecule has 134 valence electrons. The summed E-state index contributed by atoms with van der Waals surface area (Å²) in [6, 6.07) is 10.9. The number of para-hydroxylation sites is 1. The lowest BCUT2D eigenvalue weighted by Crippen LogP contribution is -2.35. The van der Waals surface area contributed by atoms with E-state index in [4.69, 9.17) is 0 Å². The van der Waals surface area contributed by atoms with Crippen LogP contribution in [0, 0.1) is 13.8 Å². The van der Waals surface area contributed by atoms with E-state index in [1.807, 2.05) is 48.9 Å². The minimum absolute atomic E-state index is 0.166. The van der Waals surface area contributed by atoms with Crippen LogP contribution < -0.4 is 16.6 Å². The van der Waals surface area contributed by atoms with Crippen molar-refractivity contribution in [1.29, 1.82) is 0 Å². The second-order valence-electron chi connectivity index (χ2n) is 5.91. The van der Waals surface area contributed by atoms with Crippen LogP contribution in [-0.2, 0) is 17.9 Å². The van der Waals surface area contributed by atoms with Gasteiger partial charge in [-0.15, -0.1) is 0 Å². The Kier molecular flexibility index (Phi) is 4.83. The van der Waals surface area contributed by atoms with Crippen LogP contribution in [0.25, 0.3) is 5.69 Å². The molecule has 0 spiro atoms. The molecule has 8 heteroatoms. The molecule has 0 unspecified atom stereocenters. The van der Waals surface area contributed by atoms with Crippen molar-refractivity contribution in [3.8, 4) is 5.69 Å². The summed E-state index contributed by atoms with van der Waals surface area (Å²) in [6.45, 7) is 3.98. The average Bonchev–Trinajstić information content (AvgIpc) is 2.90. The molecule has 0 aliphatic rings. The Hall–Kier alpha value is -3.42. The minimum atomic E-state index is -0.614. The third-order valence-corrected chi connectivity index (χ3v) is 4.12. The molecular formula is C18H19N5O3. The largest absolute Gasteiger partial charge is 0.350 e. The average molecular weight is 353 g/mol. The highest BCUT2D eigenvalue weighted by atomic mass is 16.2. The molecule has 0 atom stereocenters. The number of carbonyl (C=O) groups is 1. The zero-order valence-corrected chi connectivity index (χ0v) is 14.5. The number of benzene rings is 1. The predicted molar refractivity (Wildman–Crippen MR) is 96.2 cm³/mol. The number of H-pyrrole nitrogens is 1. The first-order chi connectivity index (χ1) is 12.5. The molecule has 0 saturated carbocycles. The summed E-state index contributed by atoms with van der Waals surface area (Å²) in [4.78, 5) is 36.9. The molecule has 0 radical (unpaired) electrons. The molecule has 8 nitrogen and oxygen atoms in total. The number of hydrogen-bond acceptors (Lipinski definition) is 4. The Morgan fingerprint density at radius 1 is 1.15 bits per heavy atom. The molecule has 0 aliphatic heterocycles. The Bertz CT molecular complexity index is 1050. The first kappa shape index (κ1) is 17.4. The molecule has 3 aromatic rings. The van der Waals surface area contributed by atoms with Crippen LogP contribution in [0.1, 0.15) is 17.0 Å². The van der Waals surface area contributed by atoms with Gasteiger partial charge in [0.2, 0.25) is 5.91 Å². The lowest BCUT2D eigenvalue weighted by molar-refractivity contribution is -0.121. The van der Waals surface area contributed by atoms with Crippen LogP contribution in [0.4, 0.5) is 0 Å². The molecule has 2 heterocycles. The number of aromatic amines is 1. The maximum atomic E-state index is 12.1. The second-order valence-corrected chi connectivity index (χ2v) is 5.91. The number of hydrogen-bond donors (Lipinski definition) is 2. The van der Waals surface area contributed by atoms with Gasteiger partial charge in [0.15, 0.2) is 0 Å². The van der Waals surface area contributed by atoms with Crippen LogP contribution >= 0.6 is 0 Å². The van der Waals surface area contributed by atoms with Gasteiger partial charge in [-0.3, -0.25) is 19.1 Å². The third-order valence-electron chi connectivity index (χ3n) is 4.12. The molecular weight excluding hydrogens is 334 g/mol. The fourth-order valence-corrected chi connectivity index (χ4v) is 2.72. The van der Waals surface area contributed by atoms with Crippen LogP contribution in [0.15, 0.2) is 52.2 Å². The number of carbonyl (C=O) groups excluding carboxylic acids is 1. The fraction of sp³-hybridized carbons (Fsp3) is 0.222. The number of rotatable bonds is 5. The van der Waals surface area contributed by atoms with Crippen LogP contribution in [0.5, 0.6) is 0 Å². The zero-order chi connectivity index (χ0) is 18.7. The lowest BCUT2D eigenvalue weighted by Gasteiger charge is -2.08. The van der Waals surface area contributed by atoms with Crippen molar-refractivity contribution in [3.63, 3.8) is 0 Å². The van der Waals surface area contributed by atoms with E-state index in [-0.39, 0.29) is 12.5 Å². The van der Waals surface area contributed by atoms with Gasteiger partial charge >= 0.3 is 5.69 Å². The van der Waals surface area contributed by atoms with Crippen molar-refractivity contribution in [2.45, 2.75) is 26.9 Å². The quantitative estimate of drug-likeness (QED) is 0.703. The third kappa shape index (κ3) is 3.64. The standard InChI is InChI=1S/C18H19N5O3/c1-12-15(13(2)23(21-12)14-6-4-3-5-7-14)10-19-17(25)11-22-9-8-16(24)20-18(22)26/h3-9H,10-11H2,1-2H3,(H,19,25)(H,20,24,26). The van der Waals surface area contributed by atoms with Crippen molar-refractivity contribution in [2.75, 3.05) is 0 Å². The van der Waals surface area contributed by atoms with Crippen molar-refractivity contribution < 1.29 is 4.79 Å². The van der Waals surface area contributed by atoms with Gasteiger partial charge in [-0.05, 0) is 26.0 Å². The van der Waals surface area contributed by atoms with Crippen molar-refractivity contribution >= 4 is 5.91 Å². The van der Waals surface area contributed by atoms with Gasteiger partial charge < -0.3 is 5.32 Å². The van der Waals surface area contributed by atoms with E-state index in [2.05, 4.69) is 15.4 Å². The molecule has 3 rings (SSSR count). The highest BCUT2D eigenvalue weighted by Gasteiger charge is 2.14. The van der Waals surface area contributed by atoms with Gasteiger partial charge in [-0.2, -0.15) is 5.10 Å². The summed E-state index contributed by atoms with van der Waals surface area (Å²) < 4.78 is 2.98. The van der Waals surface area contributed by atoms with Crippen LogP contribution in [0.2, 0.25) is 0 Å². The number of amides is 1. The summed E-state index contributed by atoms with van der Waals surface area (Å²) in [6.07, 6.45) is 1.30. The van der Waals surface area contributed by atoms with E-state index in [9.17, 15) is 14.4 Å². The molecule has 1 aromatic carbocycles. The van der Waals surface area contributed by atoms with Gasteiger partial charge in [-0.25, -0.2) is 9.48 Å². The van der Waals surface area contributed by atoms with E-state index in [1.54, 1.807) is 0 Å². The van der Waals surface area contributed by atoms with Crippen molar-refractivity contribution in [3.05, 3.63) is 80.4 Å². The monoisotopic (exact) mass is 353 g/mol. The topological polar surface area (TPSA) is 102 Å². The SMILES string of the molecule is Cc1nn(-c2ccccc2)c(C)c1CNC(=O)Cn1ccc(=O)[nH]c1=O. The van der Waals surface area contributed by atoms with Gasteiger partial charge in [0.05, 0.1) is 11.4 Å². The van der Waals surface area contributed by atoms with E-state index in [0.717, 1.165) is 27.2 Å². The maximum Gasteiger partial charge on any atom is 0.328 e. The Morgan fingerprint density at radius 3 is 2.58 bits per heavy atom. The van der Waals surface area contributed by atoms with E-state index in [0.29, 0.717) is 6.54 Å². The number of nitrogens with zero attached hydrogens (tertiary/aromatic N) is 3.